The lowest BCUT2D eigenvalue weighted by atomic mass is 10.1. The summed E-state index contributed by atoms with van der Waals surface area (Å²) < 4.78 is 11.0. The Labute approximate surface area is 203 Å². The van der Waals surface area contributed by atoms with Crippen molar-refractivity contribution in [2.24, 2.45) is 0 Å². The van der Waals surface area contributed by atoms with Gasteiger partial charge in [-0.1, -0.05) is 18.2 Å². The van der Waals surface area contributed by atoms with Gasteiger partial charge >= 0.3 is 11.3 Å². The van der Waals surface area contributed by atoms with Gasteiger partial charge in [0.2, 0.25) is 0 Å². The van der Waals surface area contributed by atoms with E-state index in [0.717, 1.165) is 29.5 Å². The Kier molecular flexibility index (Phi) is 6.49. The summed E-state index contributed by atoms with van der Waals surface area (Å²) in [5.74, 6) is 0. The summed E-state index contributed by atoms with van der Waals surface area (Å²) in [6.07, 6.45) is 0. The second kappa shape index (κ2) is 9.33. The van der Waals surface area contributed by atoms with Crippen molar-refractivity contribution in [3.63, 3.8) is 0 Å². The van der Waals surface area contributed by atoms with Crippen LogP contribution >= 0.6 is 11.3 Å². The fraction of sp³-hybridized carbons (Fsp3) is 0.160. The van der Waals surface area contributed by atoms with E-state index in [1.54, 1.807) is 23.6 Å². The standard InChI is InChI=1S/C25H20N2O4S.BrH/c1-3-27(4-2)17-10-9-16-12-19(25(29)31-22(16)13-17)23-26-20(14-32-23)18-11-15-7-5-6-8-21(15)30-24(18)28;/h5-14H,3-4H2,1-2H3;1H/p-1. The Morgan fingerprint density at radius 3 is 2.30 bits per heavy atom. The summed E-state index contributed by atoms with van der Waals surface area (Å²) >= 11 is 1.29. The summed E-state index contributed by atoms with van der Waals surface area (Å²) in [5.41, 5.74) is 2.36. The number of halogens is 1. The first-order valence-electron chi connectivity index (χ1n) is 10.4. The van der Waals surface area contributed by atoms with Gasteiger partial charge < -0.3 is 30.7 Å². The highest BCUT2D eigenvalue weighted by atomic mass is 79.9. The topological polar surface area (TPSA) is 76.6 Å². The molecular weight excluding hydrogens is 504 g/mol. The van der Waals surface area contributed by atoms with Crippen LogP contribution in [-0.2, 0) is 0 Å². The first-order chi connectivity index (χ1) is 15.6. The van der Waals surface area contributed by atoms with Crippen LogP contribution in [0.2, 0.25) is 0 Å². The Bertz CT molecular complexity index is 1570. The molecule has 5 aromatic rings. The van der Waals surface area contributed by atoms with Crippen molar-refractivity contribution in [1.82, 2.24) is 4.98 Å². The van der Waals surface area contributed by atoms with Crippen LogP contribution in [0.1, 0.15) is 13.8 Å². The number of fused-ring (bicyclic) bond motifs is 2. The Morgan fingerprint density at radius 1 is 0.848 bits per heavy atom. The maximum Gasteiger partial charge on any atom is 0.346 e. The molecule has 0 aliphatic heterocycles. The molecule has 168 valence electrons. The van der Waals surface area contributed by atoms with Crippen molar-refractivity contribution < 1.29 is 25.8 Å². The summed E-state index contributed by atoms with van der Waals surface area (Å²) in [5, 5.41) is 3.88. The van der Waals surface area contributed by atoms with Crippen molar-refractivity contribution in [1.29, 1.82) is 0 Å². The molecule has 0 N–H and O–H groups in total. The molecule has 3 aromatic heterocycles. The molecule has 3 heterocycles. The van der Waals surface area contributed by atoms with Gasteiger partial charge in [0.05, 0.1) is 16.8 Å². The molecule has 0 amide bonds. The minimum Gasteiger partial charge on any atom is -1.00 e. The number of anilines is 1. The van der Waals surface area contributed by atoms with Crippen LogP contribution in [0.25, 0.3) is 43.8 Å². The van der Waals surface area contributed by atoms with E-state index in [1.165, 1.54) is 11.3 Å². The van der Waals surface area contributed by atoms with Crippen molar-refractivity contribution in [2.75, 3.05) is 18.0 Å². The van der Waals surface area contributed by atoms with Gasteiger partial charge in [-0.05, 0) is 44.2 Å². The number of thiazole rings is 1. The zero-order chi connectivity index (χ0) is 22.2. The van der Waals surface area contributed by atoms with Crippen LogP contribution in [-0.4, -0.2) is 18.1 Å². The minimum absolute atomic E-state index is 0. The molecule has 0 aliphatic rings. The Hall–Kier alpha value is -3.23. The number of para-hydroxylation sites is 1. The van der Waals surface area contributed by atoms with E-state index in [9.17, 15) is 9.59 Å². The highest BCUT2D eigenvalue weighted by Gasteiger charge is 2.16. The predicted octanol–water partition coefficient (Wildman–Crippen LogP) is 2.54. The zero-order valence-corrected chi connectivity index (χ0v) is 20.4. The van der Waals surface area contributed by atoms with E-state index in [1.807, 2.05) is 36.4 Å². The lowest BCUT2D eigenvalue weighted by Crippen LogP contribution is -3.00. The summed E-state index contributed by atoms with van der Waals surface area (Å²) in [6.45, 7) is 5.91. The molecule has 0 saturated heterocycles. The van der Waals surface area contributed by atoms with E-state index >= 15 is 0 Å². The lowest BCUT2D eigenvalue weighted by molar-refractivity contribution is -0.00000736. The van der Waals surface area contributed by atoms with Crippen LogP contribution in [0.15, 0.2) is 78.4 Å². The number of aromatic nitrogens is 1. The van der Waals surface area contributed by atoms with Crippen LogP contribution in [0.3, 0.4) is 0 Å². The Balaban J connectivity index is 0.00000259. The molecule has 0 aliphatic carbocycles. The molecule has 6 nitrogen and oxygen atoms in total. The number of benzene rings is 2. The van der Waals surface area contributed by atoms with Crippen LogP contribution < -0.4 is 33.1 Å². The van der Waals surface area contributed by atoms with Crippen molar-refractivity contribution in [2.45, 2.75) is 13.8 Å². The van der Waals surface area contributed by atoms with Crippen molar-refractivity contribution >= 4 is 39.0 Å². The number of nitrogens with zero attached hydrogens (tertiary/aromatic N) is 2. The maximum atomic E-state index is 12.7. The monoisotopic (exact) mass is 523 g/mol. The normalized spacial score (nSPS) is 11.0. The summed E-state index contributed by atoms with van der Waals surface area (Å²) in [6, 6.07) is 16.7. The van der Waals surface area contributed by atoms with E-state index in [-0.39, 0.29) is 17.0 Å². The highest BCUT2D eigenvalue weighted by Crippen LogP contribution is 2.30. The minimum atomic E-state index is -0.463. The number of hydrogen-bond acceptors (Lipinski definition) is 7. The van der Waals surface area contributed by atoms with Gasteiger partial charge in [0, 0.05) is 41.0 Å². The second-order valence-electron chi connectivity index (χ2n) is 7.37. The lowest BCUT2D eigenvalue weighted by Gasteiger charge is -2.20. The molecule has 0 saturated carbocycles. The van der Waals surface area contributed by atoms with Gasteiger partial charge in [-0.15, -0.1) is 11.3 Å². The zero-order valence-electron chi connectivity index (χ0n) is 18.0. The van der Waals surface area contributed by atoms with Gasteiger partial charge in [0.25, 0.3) is 0 Å². The molecule has 0 spiro atoms. The van der Waals surface area contributed by atoms with Gasteiger partial charge in [-0.3, -0.25) is 0 Å². The van der Waals surface area contributed by atoms with Gasteiger partial charge in [-0.25, -0.2) is 14.6 Å². The second-order valence-corrected chi connectivity index (χ2v) is 8.22. The molecule has 0 atom stereocenters. The smallest absolute Gasteiger partial charge is 0.346 e. The SMILES string of the molecule is CCN(CC)c1ccc2cc(-c3nc(-c4cc5ccccc5oc4=O)cs3)c(=O)oc2c1.[Br-]. The molecule has 2 aromatic carbocycles. The van der Waals surface area contributed by atoms with Crippen LogP contribution in [0.4, 0.5) is 5.69 Å². The highest BCUT2D eigenvalue weighted by molar-refractivity contribution is 7.13. The van der Waals surface area contributed by atoms with E-state index in [4.69, 9.17) is 8.83 Å². The molecule has 5 rings (SSSR count). The average molecular weight is 524 g/mol. The average Bonchev–Trinajstić information content (AvgIpc) is 3.28. The molecule has 0 unspecified atom stereocenters. The van der Waals surface area contributed by atoms with Gasteiger partial charge in [0.1, 0.15) is 16.2 Å². The largest absolute Gasteiger partial charge is 1.00 e. The first kappa shape index (κ1) is 22.9. The molecule has 33 heavy (non-hydrogen) atoms. The van der Waals surface area contributed by atoms with Crippen LogP contribution in [0.5, 0.6) is 0 Å². The van der Waals surface area contributed by atoms with Gasteiger partial charge in [0.15, 0.2) is 0 Å². The molecule has 0 radical (unpaired) electrons. The number of rotatable bonds is 5. The van der Waals surface area contributed by atoms with Crippen molar-refractivity contribution in [3.05, 3.63) is 80.8 Å². The summed E-state index contributed by atoms with van der Waals surface area (Å²) in [4.78, 5) is 32.0. The molecule has 8 heteroatoms. The number of hydrogen-bond donors (Lipinski definition) is 0. The van der Waals surface area contributed by atoms with Crippen LogP contribution in [0, 0.1) is 0 Å². The molecule has 0 fully saturated rings. The van der Waals surface area contributed by atoms with E-state index < -0.39 is 11.3 Å². The van der Waals surface area contributed by atoms with E-state index in [0.29, 0.717) is 33.0 Å². The third kappa shape index (κ3) is 4.24. The third-order valence-corrected chi connectivity index (χ3v) is 6.38. The van der Waals surface area contributed by atoms with E-state index in [2.05, 4.69) is 23.7 Å². The van der Waals surface area contributed by atoms with Crippen molar-refractivity contribution in [3.8, 4) is 21.8 Å². The fourth-order valence-electron chi connectivity index (χ4n) is 3.80. The molecular formula is C25H20BrN2O4S-. The van der Waals surface area contributed by atoms with Gasteiger partial charge in [-0.2, -0.15) is 0 Å². The predicted molar refractivity (Wildman–Crippen MR) is 129 cm³/mol. The fourth-order valence-corrected chi connectivity index (χ4v) is 4.62. The maximum absolute atomic E-state index is 12.7. The Morgan fingerprint density at radius 2 is 1.52 bits per heavy atom. The first-order valence-corrected chi connectivity index (χ1v) is 11.3. The molecule has 0 bridgehead atoms. The summed E-state index contributed by atoms with van der Waals surface area (Å²) in [7, 11) is 0. The third-order valence-electron chi connectivity index (χ3n) is 5.50. The quantitative estimate of drug-likeness (QED) is 0.329.